The van der Waals surface area contributed by atoms with E-state index in [1.54, 1.807) is 21.6 Å². The first kappa shape index (κ1) is 28.1. The smallest absolute Gasteiger partial charge is 0.339 e. The maximum Gasteiger partial charge on any atom is 0.339 e. The third-order valence-electron chi connectivity index (χ3n) is 7.36. The third-order valence-corrected chi connectivity index (χ3v) is 7.36. The summed E-state index contributed by atoms with van der Waals surface area (Å²) in [6.07, 6.45) is 3.64. The number of rotatable bonds is 7. The van der Waals surface area contributed by atoms with Crippen LogP contribution in [-0.2, 0) is 4.74 Å². The van der Waals surface area contributed by atoms with Crippen LogP contribution in [0.2, 0.25) is 0 Å². The summed E-state index contributed by atoms with van der Waals surface area (Å²) in [5, 5.41) is 24.1. The number of ether oxygens (including phenoxy) is 1. The van der Waals surface area contributed by atoms with Gasteiger partial charge in [-0.25, -0.2) is 14.2 Å². The molecule has 0 fully saturated rings. The SMILES string of the molecule is CC(C)(C)OC(=O)c1cc(-c2cn(-c3ccc(C4=NCCN4)cc3)nn2)ccc1-c1cn(-c2ccc(C3=NCCN3)cc2)nn1. The minimum absolute atomic E-state index is 0.360. The fourth-order valence-corrected chi connectivity index (χ4v) is 5.19. The van der Waals surface area contributed by atoms with Crippen LogP contribution in [0.25, 0.3) is 33.9 Å². The first-order valence-electron chi connectivity index (χ1n) is 14.8. The van der Waals surface area contributed by atoms with Crippen molar-refractivity contribution in [2.24, 2.45) is 9.98 Å². The zero-order chi connectivity index (χ0) is 31.0. The fourth-order valence-electron chi connectivity index (χ4n) is 5.19. The normalized spacial score (nSPS) is 14.5. The molecule has 0 aliphatic carbocycles. The molecule has 12 heteroatoms. The van der Waals surface area contributed by atoms with Crippen molar-refractivity contribution in [2.45, 2.75) is 26.4 Å². The lowest BCUT2D eigenvalue weighted by molar-refractivity contribution is 0.00704. The van der Waals surface area contributed by atoms with Gasteiger partial charge in [-0.05, 0) is 75.4 Å². The minimum atomic E-state index is -0.683. The highest BCUT2D eigenvalue weighted by atomic mass is 16.6. The van der Waals surface area contributed by atoms with Gasteiger partial charge in [0.1, 0.15) is 28.7 Å². The lowest BCUT2D eigenvalue weighted by atomic mass is 10.00. The largest absolute Gasteiger partial charge is 0.456 e. The lowest BCUT2D eigenvalue weighted by Crippen LogP contribution is -2.24. The summed E-state index contributed by atoms with van der Waals surface area (Å²) in [5.74, 6) is 1.34. The minimum Gasteiger partial charge on any atom is -0.456 e. The van der Waals surface area contributed by atoms with Crippen LogP contribution in [0, 0.1) is 0 Å². The molecule has 45 heavy (non-hydrogen) atoms. The second-order valence-corrected chi connectivity index (χ2v) is 11.8. The van der Waals surface area contributed by atoms with Crippen LogP contribution < -0.4 is 10.6 Å². The van der Waals surface area contributed by atoms with E-state index < -0.39 is 11.6 Å². The molecule has 2 aliphatic rings. The number of carbonyl (C=O) groups is 1. The number of hydrogen-bond donors (Lipinski definition) is 2. The molecule has 3 aromatic carbocycles. The van der Waals surface area contributed by atoms with E-state index in [9.17, 15) is 4.79 Å². The van der Waals surface area contributed by atoms with Gasteiger partial charge < -0.3 is 15.4 Å². The molecule has 0 spiro atoms. The van der Waals surface area contributed by atoms with Gasteiger partial charge in [0.25, 0.3) is 0 Å². The monoisotopic (exact) mass is 600 g/mol. The van der Waals surface area contributed by atoms with E-state index in [0.717, 1.165) is 65.9 Å². The Hall–Kier alpha value is -5.65. The van der Waals surface area contributed by atoms with Gasteiger partial charge in [0.2, 0.25) is 0 Å². The third kappa shape index (κ3) is 5.94. The Morgan fingerprint density at radius 3 is 1.73 bits per heavy atom. The number of nitrogens with zero attached hydrogens (tertiary/aromatic N) is 8. The number of amidine groups is 2. The van der Waals surface area contributed by atoms with E-state index in [4.69, 9.17) is 4.74 Å². The van der Waals surface area contributed by atoms with Gasteiger partial charge in [-0.1, -0.05) is 22.6 Å². The van der Waals surface area contributed by atoms with Crippen LogP contribution in [0.15, 0.2) is 89.1 Å². The summed E-state index contributed by atoms with van der Waals surface area (Å²) in [4.78, 5) is 22.4. The second kappa shape index (κ2) is 11.5. The highest BCUT2D eigenvalue weighted by Gasteiger charge is 2.24. The molecule has 226 valence electrons. The average molecular weight is 601 g/mol. The number of aromatic nitrogens is 6. The van der Waals surface area contributed by atoms with Crippen molar-refractivity contribution in [3.63, 3.8) is 0 Å². The van der Waals surface area contributed by atoms with Crippen LogP contribution in [0.1, 0.15) is 42.3 Å². The number of benzene rings is 3. The number of nitrogens with one attached hydrogen (secondary N) is 2. The fraction of sp³-hybridized carbons (Fsp3) is 0.242. The predicted molar refractivity (Wildman–Crippen MR) is 171 cm³/mol. The Balaban J connectivity index is 1.18. The molecule has 0 bridgehead atoms. The van der Waals surface area contributed by atoms with Crippen molar-refractivity contribution in [1.29, 1.82) is 0 Å². The molecule has 0 saturated carbocycles. The highest BCUT2D eigenvalue weighted by molar-refractivity contribution is 6.00. The lowest BCUT2D eigenvalue weighted by Gasteiger charge is -2.20. The van der Waals surface area contributed by atoms with Crippen LogP contribution in [0.5, 0.6) is 0 Å². The Labute approximate surface area is 259 Å². The van der Waals surface area contributed by atoms with Crippen molar-refractivity contribution in [1.82, 2.24) is 40.6 Å². The first-order chi connectivity index (χ1) is 21.8. The quantitative estimate of drug-likeness (QED) is 0.269. The molecule has 12 nitrogen and oxygen atoms in total. The molecule has 4 heterocycles. The summed E-state index contributed by atoms with van der Waals surface area (Å²) < 4.78 is 9.18. The molecule has 2 N–H and O–H groups in total. The predicted octanol–water partition coefficient (Wildman–Crippen LogP) is 3.84. The van der Waals surface area contributed by atoms with Crippen LogP contribution >= 0.6 is 0 Å². The van der Waals surface area contributed by atoms with Crippen molar-refractivity contribution >= 4 is 17.6 Å². The van der Waals surface area contributed by atoms with Crippen LogP contribution in [-0.4, -0.2) is 79.4 Å². The second-order valence-electron chi connectivity index (χ2n) is 11.8. The number of hydrogen-bond acceptors (Lipinski definition) is 10. The molecule has 2 aliphatic heterocycles. The van der Waals surface area contributed by atoms with Gasteiger partial charge in [0.05, 0.1) is 42.4 Å². The van der Waals surface area contributed by atoms with Crippen molar-refractivity contribution < 1.29 is 9.53 Å². The molecule has 2 aromatic heterocycles. The molecular formula is C33H32N10O2. The molecule has 0 radical (unpaired) electrons. The van der Waals surface area contributed by atoms with Gasteiger partial charge in [-0.2, -0.15) is 0 Å². The zero-order valence-corrected chi connectivity index (χ0v) is 25.2. The van der Waals surface area contributed by atoms with E-state index in [-0.39, 0.29) is 0 Å². The average Bonchev–Trinajstić information content (AvgIpc) is 3.87. The van der Waals surface area contributed by atoms with Crippen LogP contribution in [0.3, 0.4) is 0 Å². The van der Waals surface area contributed by atoms with Gasteiger partial charge in [0.15, 0.2) is 0 Å². The molecule has 0 saturated heterocycles. The Kier molecular flexibility index (Phi) is 7.16. The zero-order valence-electron chi connectivity index (χ0n) is 25.2. The molecular weight excluding hydrogens is 568 g/mol. The van der Waals surface area contributed by atoms with E-state index >= 15 is 0 Å². The topological polar surface area (TPSA) is 136 Å². The van der Waals surface area contributed by atoms with Crippen molar-refractivity contribution in [2.75, 3.05) is 26.2 Å². The molecule has 5 aromatic rings. The molecule has 0 atom stereocenters. The summed E-state index contributed by atoms with van der Waals surface area (Å²) in [5.41, 5.74) is 5.90. The van der Waals surface area contributed by atoms with E-state index in [1.165, 1.54) is 0 Å². The number of aliphatic imine (C=N–C) groups is 2. The Bertz CT molecular complexity index is 1930. The maximum atomic E-state index is 13.5. The van der Waals surface area contributed by atoms with Crippen molar-refractivity contribution in [3.8, 4) is 33.9 Å². The van der Waals surface area contributed by atoms with Gasteiger partial charge in [-0.3, -0.25) is 9.98 Å². The molecule has 0 amide bonds. The van der Waals surface area contributed by atoms with Crippen LogP contribution in [0.4, 0.5) is 0 Å². The maximum absolute atomic E-state index is 13.5. The van der Waals surface area contributed by atoms with E-state index in [1.807, 2.05) is 87.6 Å². The van der Waals surface area contributed by atoms with E-state index in [2.05, 4.69) is 41.2 Å². The van der Waals surface area contributed by atoms with Gasteiger partial charge >= 0.3 is 5.97 Å². The van der Waals surface area contributed by atoms with Gasteiger partial charge in [-0.15, -0.1) is 10.2 Å². The Morgan fingerprint density at radius 2 is 1.22 bits per heavy atom. The summed E-state index contributed by atoms with van der Waals surface area (Å²) >= 11 is 0. The summed E-state index contributed by atoms with van der Waals surface area (Å²) in [6.45, 7) is 8.80. The first-order valence-corrected chi connectivity index (χ1v) is 14.8. The number of esters is 1. The van der Waals surface area contributed by atoms with E-state index in [0.29, 0.717) is 22.5 Å². The highest BCUT2D eigenvalue weighted by Crippen LogP contribution is 2.30. The molecule has 7 rings (SSSR count). The summed E-state index contributed by atoms with van der Waals surface area (Å²) in [6, 6.07) is 21.4. The standard InChI is InChI=1S/C33H32N10O2/c1-33(2,3)45-32(44)27-18-23(28-19-42(40-38-28)24-9-4-21(5-10-24)30-34-14-15-35-30)8-13-26(27)29-20-43(41-39-29)25-11-6-22(7-12-25)31-36-16-17-37-31/h4-13,18-20H,14-17H2,1-3H3,(H,34,35)(H,36,37). The van der Waals surface area contributed by atoms with Crippen molar-refractivity contribution in [3.05, 3.63) is 95.8 Å². The summed E-state index contributed by atoms with van der Waals surface area (Å²) in [7, 11) is 0. The number of carbonyl (C=O) groups excluding carboxylic acids is 1. The Morgan fingerprint density at radius 1 is 0.711 bits per heavy atom. The van der Waals surface area contributed by atoms with Gasteiger partial charge in [0, 0.05) is 35.3 Å². The molecule has 0 unspecified atom stereocenters.